The van der Waals surface area contributed by atoms with Crippen molar-refractivity contribution in [1.82, 2.24) is 4.98 Å². The Kier molecular flexibility index (Phi) is 3.50. The van der Waals surface area contributed by atoms with Gasteiger partial charge in [0.25, 0.3) is 0 Å². The molecular weight excluding hydrogens is 248 g/mol. The monoisotopic (exact) mass is 266 g/mol. The predicted molar refractivity (Wildman–Crippen MR) is 79.5 cm³/mol. The molecule has 1 heterocycles. The Labute approximate surface area is 118 Å². The number of nitrogens with zero attached hydrogens (tertiary/aromatic N) is 1. The molecule has 0 amide bonds. The molecule has 2 N–H and O–H groups in total. The van der Waals surface area contributed by atoms with E-state index < -0.39 is 0 Å². The van der Waals surface area contributed by atoms with Crippen LogP contribution in [0.2, 0.25) is 0 Å². The molecule has 1 atom stereocenters. The van der Waals surface area contributed by atoms with Crippen LogP contribution in [0.25, 0.3) is 0 Å². The molecule has 3 heteroatoms. The summed E-state index contributed by atoms with van der Waals surface area (Å²) in [5.74, 6) is 0.191. The first-order valence-electron chi connectivity index (χ1n) is 7.05. The van der Waals surface area contributed by atoms with Crippen molar-refractivity contribution < 1.29 is 4.79 Å². The molecule has 3 nitrogen and oxygen atoms in total. The number of carbonyl (C=O) groups is 1. The normalized spacial score (nSPS) is 17.5. The summed E-state index contributed by atoms with van der Waals surface area (Å²) in [6.07, 6.45) is 5.22. The molecule has 0 radical (unpaired) electrons. The van der Waals surface area contributed by atoms with Crippen LogP contribution in [0.5, 0.6) is 0 Å². The number of aromatic nitrogens is 1. The van der Waals surface area contributed by atoms with Gasteiger partial charge in [-0.25, -0.2) is 0 Å². The van der Waals surface area contributed by atoms with Crippen LogP contribution >= 0.6 is 0 Å². The molecule has 0 saturated heterocycles. The predicted octanol–water partition coefficient (Wildman–Crippen LogP) is 2.90. The molecule has 0 spiro atoms. The van der Waals surface area contributed by atoms with Crippen molar-refractivity contribution in [3.63, 3.8) is 0 Å². The molecule has 20 heavy (non-hydrogen) atoms. The molecule has 102 valence electrons. The molecule has 1 aliphatic rings. The van der Waals surface area contributed by atoms with Gasteiger partial charge >= 0.3 is 0 Å². The van der Waals surface area contributed by atoms with Crippen LogP contribution in [0.1, 0.15) is 35.6 Å². The van der Waals surface area contributed by atoms with Gasteiger partial charge < -0.3 is 5.73 Å². The van der Waals surface area contributed by atoms with Gasteiger partial charge in [-0.1, -0.05) is 18.2 Å². The lowest BCUT2D eigenvalue weighted by Crippen LogP contribution is -2.21. The minimum absolute atomic E-state index is 0.0543. The van der Waals surface area contributed by atoms with Crippen LogP contribution < -0.4 is 5.73 Å². The highest BCUT2D eigenvalue weighted by molar-refractivity contribution is 5.88. The largest absolute Gasteiger partial charge is 0.399 e. The van der Waals surface area contributed by atoms with Crippen molar-refractivity contribution >= 4 is 11.5 Å². The third-order valence-electron chi connectivity index (χ3n) is 3.91. The molecule has 1 aliphatic carbocycles. The molecule has 0 fully saturated rings. The van der Waals surface area contributed by atoms with Crippen LogP contribution in [0.3, 0.4) is 0 Å². The van der Waals surface area contributed by atoms with E-state index in [0.717, 1.165) is 30.5 Å². The third-order valence-corrected chi connectivity index (χ3v) is 3.91. The van der Waals surface area contributed by atoms with E-state index in [4.69, 9.17) is 5.73 Å². The summed E-state index contributed by atoms with van der Waals surface area (Å²) in [6.45, 7) is 0. The van der Waals surface area contributed by atoms with Crippen LogP contribution in [-0.4, -0.2) is 10.8 Å². The quantitative estimate of drug-likeness (QED) is 0.869. The van der Waals surface area contributed by atoms with Gasteiger partial charge in [0.05, 0.1) is 11.6 Å². The van der Waals surface area contributed by atoms with Crippen molar-refractivity contribution in [2.75, 3.05) is 5.73 Å². The van der Waals surface area contributed by atoms with E-state index in [0.29, 0.717) is 12.1 Å². The van der Waals surface area contributed by atoms with Gasteiger partial charge in [0.2, 0.25) is 0 Å². The van der Waals surface area contributed by atoms with Crippen LogP contribution in [-0.2, 0) is 17.6 Å². The van der Waals surface area contributed by atoms with E-state index in [1.54, 1.807) is 6.20 Å². The van der Waals surface area contributed by atoms with E-state index in [-0.39, 0.29) is 11.7 Å². The number of carbonyl (C=O) groups excluding carboxylic acids is 1. The second-order valence-corrected chi connectivity index (χ2v) is 5.38. The fourth-order valence-electron chi connectivity index (χ4n) is 2.95. The molecule has 1 aromatic carbocycles. The molecule has 0 aliphatic heterocycles. The zero-order chi connectivity index (χ0) is 13.9. The molecule has 0 bridgehead atoms. The summed E-state index contributed by atoms with van der Waals surface area (Å²) in [4.78, 5) is 17.0. The number of anilines is 1. The number of nitrogen functional groups attached to an aromatic ring is 1. The number of fused-ring (bicyclic) bond motifs is 1. The number of pyridine rings is 1. The highest BCUT2D eigenvalue weighted by atomic mass is 16.1. The standard InChI is InChI=1S/C17H18N2O/c18-14-7-1-4-12(10-14)11-16(20)15-8-2-5-13-6-3-9-19-17(13)15/h1,3-4,6-7,9-10,15H,2,5,8,11,18H2. The first-order valence-corrected chi connectivity index (χ1v) is 7.05. The summed E-state index contributed by atoms with van der Waals surface area (Å²) in [6, 6.07) is 11.6. The second kappa shape index (κ2) is 5.45. The molecule has 1 unspecified atom stereocenters. The Hall–Kier alpha value is -2.16. The highest BCUT2D eigenvalue weighted by Crippen LogP contribution is 2.31. The lowest BCUT2D eigenvalue weighted by atomic mass is 9.82. The van der Waals surface area contributed by atoms with E-state index in [2.05, 4.69) is 11.1 Å². The SMILES string of the molecule is Nc1cccc(CC(=O)C2CCCc3cccnc32)c1. The topological polar surface area (TPSA) is 56.0 Å². The Bertz CT molecular complexity index is 636. The van der Waals surface area contributed by atoms with Crippen LogP contribution in [0.4, 0.5) is 5.69 Å². The van der Waals surface area contributed by atoms with Crippen molar-refractivity contribution in [2.24, 2.45) is 0 Å². The number of ketones is 1. The molecule has 3 rings (SSSR count). The zero-order valence-corrected chi connectivity index (χ0v) is 11.4. The number of Topliss-reactive ketones (excluding diaryl/α,β-unsaturated/α-hetero) is 1. The van der Waals surface area contributed by atoms with Crippen LogP contribution in [0.15, 0.2) is 42.6 Å². The van der Waals surface area contributed by atoms with Crippen molar-refractivity contribution in [2.45, 2.75) is 31.6 Å². The number of nitrogens with two attached hydrogens (primary N) is 1. The van der Waals surface area contributed by atoms with Crippen molar-refractivity contribution in [3.05, 3.63) is 59.4 Å². The minimum atomic E-state index is -0.0543. The summed E-state index contributed by atoms with van der Waals surface area (Å²) in [5, 5.41) is 0. The Balaban J connectivity index is 1.82. The Morgan fingerprint density at radius 2 is 2.20 bits per heavy atom. The smallest absolute Gasteiger partial charge is 0.146 e. The van der Waals surface area contributed by atoms with Gasteiger partial charge in [0.1, 0.15) is 5.78 Å². The Morgan fingerprint density at radius 3 is 3.05 bits per heavy atom. The zero-order valence-electron chi connectivity index (χ0n) is 11.4. The average molecular weight is 266 g/mol. The molecule has 0 saturated carbocycles. The van der Waals surface area contributed by atoms with E-state index in [9.17, 15) is 4.79 Å². The van der Waals surface area contributed by atoms with Gasteiger partial charge in [0.15, 0.2) is 0 Å². The number of rotatable bonds is 3. The number of aryl methyl sites for hydroxylation is 1. The van der Waals surface area contributed by atoms with Crippen molar-refractivity contribution in [1.29, 1.82) is 0 Å². The molecule has 2 aromatic rings. The third kappa shape index (κ3) is 2.57. The van der Waals surface area contributed by atoms with E-state index in [1.807, 2.05) is 30.3 Å². The van der Waals surface area contributed by atoms with Gasteiger partial charge in [-0.15, -0.1) is 0 Å². The highest BCUT2D eigenvalue weighted by Gasteiger charge is 2.27. The minimum Gasteiger partial charge on any atom is -0.399 e. The summed E-state index contributed by atoms with van der Waals surface area (Å²) >= 11 is 0. The summed E-state index contributed by atoms with van der Waals surface area (Å²) in [5.41, 5.74) is 9.66. The molecular formula is C17H18N2O. The number of benzene rings is 1. The molecule has 1 aromatic heterocycles. The maximum absolute atomic E-state index is 12.6. The number of hydrogen-bond acceptors (Lipinski definition) is 3. The van der Waals surface area contributed by atoms with Gasteiger partial charge in [0, 0.05) is 18.3 Å². The van der Waals surface area contributed by atoms with Crippen LogP contribution in [0, 0.1) is 0 Å². The van der Waals surface area contributed by atoms with E-state index in [1.165, 1.54) is 5.56 Å². The maximum atomic E-state index is 12.6. The van der Waals surface area contributed by atoms with E-state index >= 15 is 0 Å². The van der Waals surface area contributed by atoms with Crippen molar-refractivity contribution in [3.8, 4) is 0 Å². The number of hydrogen-bond donors (Lipinski definition) is 1. The fraction of sp³-hybridized carbons (Fsp3) is 0.294. The first-order chi connectivity index (χ1) is 9.74. The Morgan fingerprint density at radius 1 is 1.30 bits per heavy atom. The van der Waals surface area contributed by atoms with Gasteiger partial charge in [-0.05, 0) is 48.6 Å². The van der Waals surface area contributed by atoms with Gasteiger partial charge in [-0.2, -0.15) is 0 Å². The second-order valence-electron chi connectivity index (χ2n) is 5.38. The summed E-state index contributed by atoms with van der Waals surface area (Å²) in [7, 11) is 0. The average Bonchev–Trinajstić information content (AvgIpc) is 2.46. The lowest BCUT2D eigenvalue weighted by molar-refractivity contribution is -0.120. The fourth-order valence-corrected chi connectivity index (χ4v) is 2.95. The van der Waals surface area contributed by atoms with Gasteiger partial charge in [-0.3, -0.25) is 9.78 Å². The summed E-state index contributed by atoms with van der Waals surface area (Å²) < 4.78 is 0. The maximum Gasteiger partial charge on any atom is 0.146 e. The lowest BCUT2D eigenvalue weighted by Gasteiger charge is -2.23. The first kappa shape index (κ1) is 12.9.